The van der Waals surface area contributed by atoms with Crippen LogP contribution in [0.2, 0.25) is 0 Å². The van der Waals surface area contributed by atoms with Crippen LogP contribution in [0.1, 0.15) is 45.1 Å². The van der Waals surface area contributed by atoms with Crippen LogP contribution in [0, 0.1) is 11.8 Å². The van der Waals surface area contributed by atoms with E-state index in [0.717, 1.165) is 44.6 Å². The molecule has 0 unspecified atom stereocenters. The molecule has 0 radical (unpaired) electrons. The molecule has 1 aromatic carbocycles. The lowest BCUT2D eigenvalue weighted by atomic mass is 9.86. The highest BCUT2D eigenvalue weighted by Crippen LogP contribution is 2.25. The van der Waals surface area contributed by atoms with E-state index in [1.165, 1.54) is 5.56 Å². The normalized spacial score (nSPS) is 21.8. The molecule has 1 aromatic rings. The fourth-order valence-electron chi connectivity index (χ4n) is 2.85. The van der Waals surface area contributed by atoms with E-state index in [1.807, 2.05) is 18.2 Å². The monoisotopic (exact) mass is 305 g/mol. The second-order valence-corrected chi connectivity index (χ2v) is 6.58. The summed E-state index contributed by atoms with van der Waals surface area (Å²) < 4.78 is 5.87. The van der Waals surface area contributed by atoms with Gasteiger partial charge in [-0.25, -0.2) is 0 Å². The van der Waals surface area contributed by atoms with Crippen molar-refractivity contribution in [2.24, 2.45) is 11.8 Å². The summed E-state index contributed by atoms with van der Waals surface area (Å²) in [5.41, 5.74) is 1.17. The maximum atomic E-state index is 11.0. The van der Waals surface area contributed by atoms with Gasteiger partial charge in [0.05, 0.1) is 12.5 Å². The number of para-hydroxylation sites is 1. The van der Waals surface area contributed by atoms with E-state index >= 15 is 0 Å². The first-order valence-corrected chi connectivity index (χ1v) is 8.23. The highest BCUT2D eigenvalue weighted by atomic mass is 16.5. The minimum Gasteiger partial charge on any atom is -0.493 e. The van der Waals surface area contributed by atoms with Crippen molar-refractivity contribution in [2.75, 3.05) is 6.61 Å². The number of carboxylic acid groups (broad SMARTS) is 1. The molecule has 0 bridgehead atoms. The minimum atomic E-state index is -0.647. The SMILES string of the molecule is CC(C)COc1ccccc1CNC1CCC(C(=O)O)CC1. The molecule has 0 atom stereocenters. The molecule has 4 nitrogen and oxygen atoms in total. The lowest BCUT2D eigenvalue weighted by molar-refractivity contribution is -0.142. The van der Waals surface area contributed by atoms with Gasteiger partial charge in [0.2, 0.25) is 0 Å². The van der Waals surface area contributed by atoms with Gasteiger partial charge in [0.1, 0.15) is 5.75 Å². The molecule has 0 aromatic heterocycles. The maximum absolute atomic E-state index is 11.0. The third kappa shape index (κ3) is 5.02. The average molecular weight is 305 g/mol. The molecule has 0 amide bonds. The van der Waals surface area contributed by atoms with E-state index < -0.39 is 5.97 Å². The van der Waals surface area contributed by atoms with E-state index in [9.17, 15) is 4.79 Å². The summed E-state index contributed by atoms with van der Waals surface area (Å²) in [6.07, 6.45) is 3.43. The summed E-state index contributed by atoms with van der Waals surface area (Å²) in [6.45, 7) is 5.78. The van der Waals surface area contributed by atoms with Crippen LogP contribution < -0.4 is 10.1 Å². The summed E-state index contributed by atoms with van der Waals surface area (Å²) in [6, 6.07) is 8.54. The molecule has 1 saturated carbocycles. The van der Waals surface area contributed by atoms with Gasteiger partial charge in [-0.05, 0) is 37.7 Å². The third-order valence-corrected chi connectivity index (χ3v) is 4.20. The fourth-order valence-corrected chi connectivity index (χ4v) is 2.85. The van der Waals surface area contributed by atoms with E-state index in [4.69, 9.17) is 9.84 Å². The number of benzene rings is 1. The van der Waals surface area contributed by atoms with Crippen LogP contribution in [-0.2, 0) is 11.3 Å². The molecule has 1 fully saturated rings. The van der Waals surface area contributed by atoms with E-state index in [-0.39, 0.29) is 5.92 Å². The number of carbonyl (C=O) groups is 1. The molecule has 1 aliphatic carbocycles. The molecule has 22 heavy (non-hydrogen) atoms. The zero-order chi connectivity index (χ0) is 15.9. The summed E-state index contributed by atoms with van der Waals surface area (Å²) in [5.74, 6) is 0.654. The van der Waals surface area contributed by atoms with E-state index in [2.05, 4.69) is 25.2 Å². The van der Waals surface area contributed by atoms with Crippen LogP contribution in [0.3, 0.4) is 0 Å². The number of carboxylic acids is 1. The van der Waals surface area contributed by atoms with E-state index in [1.54, 1.807) is 0 Å². The van der Waals surface area contributed by atoms with E-state index in [0.29, 0.717) is 12.0 Å². The van der Waals surface area contributed by atoms with Gasteiger partial charge in [0.25, 0.3) is 0 Å². The number of hydrogen-bond acceptors (Lipinski definition) is 3. The summed E-state index contributed by atoms with van der Waals surface area (Å²) >= 11 is 0. The van der Waals surface area contributed by atoms with Crippen molar-refractivity contribution in [3.8, 4) is 5.75 Å². The standard InChI is InChI=1S/C18H27NO3/c1-13(2)12-22-17-6-4-3-5-15(17)11-19-16-9-7-14(8-10-16)18(20)21/h3-6,13-14,16,19H,7-12H2,1-2H3,(H,20,21). The van der Waals surface area contributed by atoms with Gasteiger partial charge < -0.3 is 15.2 Å². The Labute approximate surface area is 132 Å². The first kappa shape index (κ1) is 16.8. The Hall–Kier alpha value is -1.55. The Balaban J connectivity index is 1.83. The van der Waals surface area contributed by atoms with Gasteiger partial charge in [0.15, 0.2) is 0 Å². The van der Waals surface area contributed by atoms with Gasteiger partial charge in [-0.2, -0.15) is 0 Å². The van der Waals surface area contributed by atoms with Crippen LogP contribution in [-0.4, -0.2) is 23.7 Å². The molecule has 4 heteroatoms. The van der Waals surface area contributed by atoms with Crippen LogP contribution in [0.4, 0.5) is 0 Å². The van der Waals surface area contributed by atoms with Crippen molar-refractivity contribution in [2.45, 2.75) is 52.1 Å². The fraction of sp³-hybridized carbons (Fsp3) is 0.611. The van der Waals surface area contributed by atoms with Gasteiger partial charge in [-0.15, -0.1) is 0 Å². The lowest BCUT2D eigenvalue weighted by Gasteiger charge is -2.27. The number of rotatable bonds is 7. The molecule has 2 N–H and O–H groups in total. The van der Waals surface area contributed by atoms with Crippen molar-refractivity contribution < 1.29 is 14.6 Å². The number of aliphatic carboxylic acids is 1. The van der Waals surface area contributed by atoms with Crippen LogP contribution >= 0.6 is 0 Å². The molecular formula is C18H27NO3. The molecule has 0 heterocycles. The van der Waals surface area contributed by atoms with Gasteiger partial charge in [-0.1, -0.05) is 32.0 Å². The molecule has 1 aliphatic rings. The molecule has 0 aliphatic heterocycles. The summed E-state index contributed by atoms with van der Waals surface area (Å²) in [5, 5.41) is 12.6. The second-order valence-electron chi connectivity index (χ2n) is 6.58. The largest absolute Gasteiger partial charge is 0.493 e. The maximum Gasteiger partial charge on any atom is 0.306 e. The molecule has 122 valence electrons. The van der Waals surface area contributed by atoms with Gasteiger partial charge in [0, 0.05) is 18.2 Å². The lowest BCUT2D eigenvalue weighted by Crippen LogP contribution is -2.34. The minimum absolute atomic E-state index is 0.153. The van der Waals surface area contributed by atoms with Gasteiger partial charge in [-0.3, -0.25) is 4.79 Å². The second kappa shape index (κ2) is 8.18. The first-order valence-electron chi connectivity index (χ1n) is 8.23. The predicted octanol–water partition coefficient (Wildman–Crippen LogP) is 3.45. The topological polar surface area (TPSA) is 58.6 Å². The van der Waals surface area contributed by atoms with Crippen molar-refractivity contribution in [1.82, 2.24) is 5.32 Å². The highest BCUT2D eigenvalue weighted by Gasteiger charge is 2.25. The Morgan fingerprint density at radius 2 is 1.95 bits per heavy atom. The Morgan fingerprint density at radius 3 is 2.59 bits per heavy atom. The number of nitrogens with one attached hydrogen (secondary N) is 1. The Bertz CT molecular complexity index is 479. The van der Waals surface area contributed by atoms with Crippen molar-refractivity contribution in [3.05, 3.63) is 29.8 Å². The molecule has 2 rings (SSSR count). The smallest absolute Gasteiger partial charge is 0.306 e. The quantitative estimate of drug-likeness (QED) is 0.810. The highest BCUT2D eigenvalue weighted by molar-refractivity contribution is 5.70. The van der Waals surface area contributed by atoms with Crippen molar-refractivity contribution >= 4 is 5.97 Å². The van der Waals surface area contributed by atoms with Crippen LogP contribution in [0.15, 0.2) is 24.3 Å². The average Bonchev–Trinajstić information content (AvgIpc) is 2.52. The predicted molar refractivity (Wildman–Crippen MR) is 87.0 cm³/mol. The van der Waals surface area contributed by atoms with Crippen LogP contribution in [0.5, 0.6) is 5.75 Å². The Morgan fingerprint density at radius 1 is 1.27 bits per heavy atom. The Kier molecular flexibility index (Phi) is 6.25. The third-order valence-electron chi connectivity index (χ3n) is 4.20. The van der Waals surface area contributed by atoms with Crippen molar-refractivity contribution in [3.63, 3.8) is 0 Å². The molecule has 0 spiro atoms. The van der Waals surface area contributed by atoms with Gasteiger partial charge >= 0.3 is 5.97 Å². The molecular weight excluding hydrogens is 278 g/mol. The van der Waals surface area contributed by atoms with Crippen LogP contribution in [0.25, 0.3) is 0 Å². The zero-order valence-electron chi connectivity index (χ0n) is 13.5. The molecule has 0 saturated heterocycles. The zero-order valence-corrected chi connectivity index (χ0v) is 13.5. The summed E-state index contributed by atoms with van der Waals surface area (Å²) in [7, 11) is 0. The first-order chi connectivity index (χ1) is 10.6. The van der Waals surface area contributed by atoms with Crippen molar-refractivity contribution in [1.29, 1.82) is 0 Å². The number of hydrogen-bond donors (Lipinski definition) is 2. The number of ether oxygens (including phenoxy) is 1. The summed E-state index contributed by atoms with van der Waals surface area (Å²) in [4.78, 5) is 11.0.